The Kier molecular flexibility index (Phi) is 66.2. The third kappa shape index (κ3) is 47.0. The summed E-state index contributed by atoms with van der Waals surface area (Å²) in [7, 11) is 31.2. The fourth-order valence-electron chi connectivity index (χ4n) is 13.3. The maximum atomic E-state index is 11.9. The maximum Gasteiger partial charge on any atom is 2.00 e. The number of halogens is 8. The van der Waals surface area contributed by atoms with Gasteiger partial charge in [0.15, 0.2) is 0 Å². The summed E-state index contributed by atoms with van der Waals surface area (Å²) in [5.41, 5.74) is -0.958. The molecule has 0 aromatic carbocycles. The van der Waals surface area contributed by atoms with Crippen LogP contribution in [-0.4, -0.2) is 108 Å². The summed E-state index contributed by atoms with van der Waals surface area (Å²) in [6, 6.07) is 0. The van der Waals surface area contributed by atoms with Crippen LogP contribution in [0.2, 0.25) is 0 Å². The molecule has 34 heteroatoms. The molecule has 4 heterocycles. The van der Waals surface area contributed by atoms with Crippen LogP contribution in [0.1, 0.15) is 238 Å². The van der Waals surface area contributed by atoms with Gasteiger partial charge in [0, 0.05) is 38.7 Å². The number of hydrogen-bond acceptors (Lipinski definition) is 21. The minimum Gasteiger partial charge on any atom is -0.286 e. The number of cyclic esters (lactones) is 4. The second-order valence-electron chi connectivity index (χ2n) is 24.1. The molecule has 9 fully saturated rings. The Labute approximate surface area is 679 Å². The minimum atomic E-state index is -5.94. The van der Waals surface area contributed by atoms with Crippen LogP contribution >= 0.6 is 58.1 Å². The van der Waals surface area contributed by atoms with Crippen LogP contribution in [0, 0.1) is 41.4 Å². The van der Waals surface area contributed by atoms with Gasteiger partial charge < -0.3 is 53.0 Å². The number of carbonyl (C=O) groups excluding carboxylic acids is 6. The smallest absolute Gasteiger partial charge is 0.286 e. The van der Waals surface area contributed by atoms with E-state index in [-0.39, 0.29) is 171 Å². The van der Waals surface area contributed by atoms with Crippen molar-refractivity contribution in [3.63, 3.8) is 0 Å². The number of rotatable bonds is 13. The van der Waals surface area contributed by atoms with Crippen molar-refractivity contribution in [3.05, 3.63) is 52.3 Å². The fraction of sp³-hybridized carbons (Fsp3) is 0.774. The Bertz CT molecular complexity index is 2050. The first-order chi connectivity index (χ1) is 43.2. The van der Waals surface area contributed by atoms with Crippen LogP contribution < -0.4 is 127 Å². The van der Waals surface area contributed by atoms with E-state index in [4.69, 9.17) is 114 Å². The van der Waals surface area contributed by atoms with Crippen LogP contribution in [-0.2, 0) is 78.4 Å². The van der Waals surface area contributed by atoms with Gasteiger partial charge in [-0.05, 0) is 103 Å². The zero-order valence-electron chi connectivity index (χ0n) is 56.4. The first-order valence-corrected chi connectivity index (χ1v) is 51.5. The molecule has 4 unspecified atom stereocenters. The first kappa shape index (κ1) is 108. The number of ether oxygens (including phenoxy) is 5. The van der Waals surface area contributed by atoms with Crippen molar-refractivity contribution in [1.29, 1.82) is 0 Å². The van der Waals surface area contributed by atoms with Crippen molar-refractivity contribution in [1.82, 2.24) is 0 Å². The van der Waals surface area contributed by atoms with Crippen molar-refractivity contribution in [2.45, 2.75) is 262 Å². The minimum absolute atomic E-state index is 0. The van der Waals surface area contributed by atoms with Crippen LogP contribution in [0.15, 0.2) is 38.0 Å². The molecule has 5 saturated carbocycles. The predicted molar refractivity (Wildman–Crippen MR) is 333 cm³/mol. The summed E-state index contributed by atoms with van der Waals surface area (Å²) in [6.07, 6.45) is 42.9. The van der Waals surface area contributed by atoms with Gasteiger partial charge in [0.1, 0.15) is 64.8 Å². The molecule has 4 aliphatic heterocycles. The van der Waals surface area contributed by atoms with E-state index in [0.29, 0.717) is 19.3 Å². The Morgan fingerprint density at radius 1 is 0.542 bits per heavy atom. The number of aldehydes is 1. The van der Waals surface area contributed by atoms with E-state index in [0.717, 1.165) is 167 Å². The number of esters is 5. The summed E-state index contributed by atoms with van der Waals surface area (Å²) >= 11 is -15.4. The second-order valence-corrected chi connectivity index (χ2v) is 44.2. The summed E-state index contributed by atoms with van der Waals surface area (Å²) in [6.45, 7) is 14.5. The van der Waals surface area contributed by atoms with Gasteiger partial charge in [0.25, 0.3) is 0 Å². The van der Waals surface area contributed by atoms with Gasteiger partial charge in [-0.3, -0.25) is 51.5 Å². The molecule has 0 amide bonds. The van der Waals surface area contributed by atoms with Crippen LogP contribution in [0.3, 0.4) is 0 Å². The topological polar surface area (TPSA) is 374 Å². The molecule has 0 aromatic heterocycles. The Morgan fingerprint density at radius 2 is 0.812 bits per heavy atom. The third-order valence-corrected chi connectivity index (χ3v) is 17.6. The van der Waals surface area contributed by atoms with Gasteiger partial charge in [-0.1, -0.05) is 108 Å². The Balaban J connectivity index is -0.000000331. The number of aliphatic hydroxyl groups excluding tert-OH is 2. The Hall–Kier alpha value is 3.05. The molecule has 96 heavy (non-hydrogen) atoms. The number of methoxy groups -OCH3 is 1. The van der Waals surface area contributed by atoms with Crippen molar-refractivity contribution in [2.24, 2.45) is 27.1 Å². The van der Waals surface area contributed by atoms with E-state index < -0.39 is 72.4 Å². The molecule has 4 saturated heterocycles. The zero-order valence-corrected chi connectivity index (χ0v) is 74.1. The summed E-state index contributed by atoms with van der Waals surface area (Å²) in [5.74, 6) is -0.110. The molecule has 9 rings (SSSR count). The quantitative estimate of drug-likeness (QED) is 0.0334. The molecule has 21 nitrogen and oxygen atoms in total. The van der Waals surface area contributed by atoms with E-state index in [2.05, 4.69) is 26.7 Å². The zero-order chi connectivity index (χ0) is 70.1. The van der Waals surface area contributed by atoms with E-state index in [1.807, 2.05) is 12.2 Å². The largest absolute Gasteiger partial charge is 2.00 e. The monoisotopic (exact) mass is 1920 g/mol. The van der Waals surface area contributed by atoms with E-state index in [1.54, 1.807) is 6.08 Å². The van der Waals surface area contributed by atoms with Gasteiger partial charge in [-0.25, -0.2) is 0 Å². The van der Waals surface area contributed by atoms with Crippen molar-refractivity contribution in [2.75, 3.05) is 13.7 Å². The number of aliphatic hydroxyl groups is 2. The fourth-order valence-corrected chi connectivity index (χ4v) is 13.3. The molecule has 0 aromatic rings. The molecule has 550 valence electrons. The molecule has 4 atom stereocenters. The third-order valence-electron chi connectivity index (χ3n) is 17.6. The van der Waals surface area contributed by atoms with Crippen LogP contribution in [0.4, 0.5) is 0 Å². The number of carbonyl (C=O) groups is 6. The number of allylic oxidation sites excluding steroid dienone is 3. The van der Waals surface area contributed by atoms with Crippen LogP contribution in [0.25, 0.3) is 0 Å². The van der Waals surface area contributed by atoms with Gasteiger partial charge in [0.2, 0.25) is 6.29 Å². The average molecular weight is 1920 g/mol. The molecular formula is C62H100Cl6I2MgNa2O21Ru2. The predicted octanol–water partition coefficient (Wildman–Crippen LogP) is -4.53. The number of hydrogen-bond donors (Lipinski definition) is 2. The van der Waals surface area contributed by atoms with Gasteiger partial charge >= 0.3 is 196 Å². The van der Waals surface area contributed by atoms with Gasteiger partial charge in [-0.15, -0.1) is 25.8 Å². The molecule has 9 aliphatic rings. The maximum absolute atomic E-state index is 11.9. The summed E-state index contributed by atoms with van der Waals surface area (Å²) < 4.78 is 94.8. The average Bonchev–Trinajstić information content (AvgIpc) is 1.68. The van der Waals surface area contributed by atoms with E-state index in [9.17, 15) is 33.9 Å². The first-order valence-electron chi connectivity index (χ1n) is 31.0. The summed E-state index contributed by atoms with van der Waals surface area (Å²) in [5, 5.41) is 17.9. The van der Waals surface area contributed by atoms with Crippen molar-refractivity contribution >= 4 is 117 Å². The van der Waals surface area contributed by atoms with E-state index in [1.165, 1.54) is 64.9 Å². The normalized spacial score (nSPS) is 23.1. The van der Waals surface area contributed by atoms with Crippen molar-refractivity contribution < 1.29 is 215 Å². The molecule has 5 aliphatic carbocycles. The SMILES string of the molecule is C=CCC1(C(=O)OC)CCCCC1.C=CCCC1CC2(CCCCC2)C(=O)O1.C=CC[CH2-].O=C1OC(CCCO)CC12CCCCC2.O=C1OC(O)CC12CCCCC2.O=CCCC1CC2(CCCCC2)C(=O)O1.[CH3-].[Cl][Ru]([Cl])[Cl].[Cl][Ru]([Cl])[Cl].[Mg+2].[Na+].[Na+].[O-][I+3]([O-])([O-])[O-].[O-][I+3]([O-])([O-])[O-]. The summed E-state index contributed by atoms with van der Waals surface area (Å²) in [4.78, 5) is 68.8. The van der Waals surface area contributed by atoms with Gasteiger partial charge in [-0.2, -0.15) is 6.42 Å². The molecule has 4 spiro atoms. The van der Waals surface area contributed by atoms with Gasteiger partial charge in [0.05, 0.1) is 34.2 Å². The second kappa shape index (κ2) is 59.1. The van der Waals surface area contributed by atoms with Crippen molar-refractivity contribution in [3.8, 4) is 0 Å². The van der Waals surface area contributed by atoms with Crippen LogP contribution in [0.5, 0.6) is 0 Å². The molecular weight excluding hydrogens is 1820 g/mol. The molecule has 0 bridgehead atoms. The Morgan fingerprint density at radius 3 is 1.05 bits per heavy atom. The standard InChI is InChI=1S/C13H20O2.C12H20O3.C12H18O3.C11H18O2.C9H14O3.C4H7.CH3.6ClH.2IO4.Mg.2Na.2Ru/c1-2-3-7-11-10-13(12(14)15-11)8-5-4-6-9-13;2*13-8-4-5-10-9-12(11(14)15-10)6-2-1-3-7-12;1-3-7-11(10(12)13-2)8-5-4-6-9-11;10-7-6-9(8(11)12-7)4-2-1-3-5-9;1-3-4-2;;;;;;;;2*2-1(3,4)5;;;;;/h2,11H,1,3-10H2;10,13H,1-9H2;8,10H,1-7,9H2;3H,1,4-9H2,2H3;7,10H,1-6H2;3H,1-2,4H2;1H3;6*1H;;;;;;;/q;;;;;2*-1;;;;;;;2*-1;+2;2*+1;2*+3/p-6. The molecule has 2 N–H and O–H groups in total. The van der Waals surface area contributed by atoms with E-state index >= 15 is 0 Å². The molecule has 0 radical (unpaired) electrons.